The average Bonchev–Trinajstić information content (AvgIpc) is 3.17. The number of sulfonamides is 1. The molecule has 26 heavy (non-hydrogen) atoms. The van der Waals surface area contributed by atoms with E-state index in [1.165, 1.54) is 21.2 Å². The molecule has 3 rings (SSSR count). The van der Waals surface area contributed by atoms with Gasteiger partial charge in [-0.3, -0.25) is 4.79 Å². The van der Waals surface area contributed by atoms with Crippen LogP contribution in [-0.2, 0) is 21.4 Å². The van der Waals surface area contributed by atoms with E-state index >= 15 is 0 Å². The predicted octanol–water partition coefficient (Wildman–Crippen LogP) is 2.70. The van der Waals surface area contributed by atoms with Gasteiger partial charge in [0.2, 0.25) is 10.0 Å². The highest BCUT2D eigenvalue weighted by molar-refractivity contribution is 7.88. The minimum absolute atomic E-state index is 0.370. The lowest BCUT2D eigenvalue weighted by Crippen LogP contribution is -2.39. The number of aryl methyl sites for hydroxylation is 1. The maximum absolute atomic E-state index is 12.7. The van der Waals surface area contributed by atoms with E-state index in [0.29, 0.717) is 36.7 Å². The van der Waals surface area contributed by atoms with Crippen LogP contribution in [0.3, 0.4) is 0 Å². The van der Waals surface area contributed by atoms with E-state index in [-0.39, 0.29) is 5.91 Å². The molecule has 142 valence electrons. The van der Waals surface area contributed by atoms with Crippen LogP contribution in [0.1, 0.15) is 45.1 Å². The first-order chi connectivity index (χ1) is 12.2. The smallest absolute Gasteiger partial charge is 0.266 e. The molecule has 2 aromatic rings. The van der Waals surface area contributed by atoms with Crippen molar-refractivity contribution in [1.29, 1.82) is 0 Å². The van der Waals surface area contributed by atoms with Crippen LogP contribution in [0.5, 0.6) is 0 Å². The van der Waals surface area contributed by atoms with Gasteiger partial charge in [-0.1, -0.05) is 31.3 Å². The molecule has 0 N–H and O–H groups in total. The lowest BCUT2D eigenvalue weighted by molar-refractivity contribution is -0.121. The van der Waals surface area contributed by atoms with E-state index in [0.717, 1.165) is 16.5 Å². The molecule has 1 unspecified atom stereocenters. The summed E-state index contributed by atoms with van der Waals surface area (Å²) in [7, 11) is -3.40. The third-order valence-electron chi connectivity index (χ3n) is 4.81. The molecule has 2 heterocycles. The zero-order valence-corrected chi connectivity index (χ0v) is 17.2. The third-order valence-corrected chi connectivity index (χ3v) is 7.14. The highest BCUT2D eigenvalue weighted by Crippen LogP contribution is 2.24. The van der Waals surface area contributed by atoms with Gasteiger partial charge in [0.05, 0.1) is 16.5 Å². The van der Waals surface area contributed by atoms with E-state index in [4.69, 9.17) is 0 Å². The van der Waals surface area contributed by atoms with Gasteiger partial charge in [-0.25, -0.2) is 8.42 Å². The second-order valence-electron chi connectivity index (χ2n) is 6.99. The largest absolute Gasteiger partial charge is 0.317 e. The van der Waals surface area contributed by atoms with Crippen molar-refractivity contribution in [2.45, 2.75) is 52.1 Å². The number of carbonyl (C=O) groups is 1. The number of benzene rings is 1. The monoisotopic (exact) mass is 395 g/mol. The van der Waals surface area contributed by atoms with Crippen LogP contribution in [0, 0.1) is 0 Å². The van der Waals surface area contributed by atoms with E-state index in [1.54, 1.807) is 0 Å². The number of aromatic nitrogens is 1. The van der Waals surface area contributed by atoms with Crippen molar-refractivity contribution in [1.82, 2.24) is 8.87 Å². The summed E-state index contributed by atoms with van der Waals surface area (Å²) in [6.45, 7) is 7.41. The molecule has 0 bridgehead atoms. The number of fused-ring (bicyclic) bond motifs is 1. The molecule has 8 heteroatoms. The maximum Gasteiger partial charge on any atom is 0.266 e. The third kappa shape index (κ3) is 3.63. The Bertz CT molecular complexity index is 1000. The van der Waals surface area contributed by atoms with Gasteiger partial charge in [-0.05, 0) is 43.4 Å². The van der Waals surface area contributed by atoms with Crippen LogP contribution in [0.2, 0.25) is 0 Å². The summed E-state index contributed by atoms with van der Waals surface area (Å²) < 4.78 is 28.2. The standard InChI is InChI=1S/C18H25N3O3S2/c1-5-20-14-9-8-13(12(2)3)11-16(14)25-18(20)19-17(22)15-7-6-10-21(15)26(4,23)24/h8-9,11-12,15H,5-7,10H2,1-4H3. The fourth-order valence-corrected chi connectivity index (χ4v) is 5.66. The minimum atomic E-state index is -3.40. The first-order valence-corrected chi connectivity index (χ1v) is 11.6. The average molecular weight is 396 g/mol. The topological polar surface area (TPSA) is 71.7 Å². The molecule has 1 saturated heterocycles. The Balaban J connectivity index is 2.05. The number of thiazole rings is 1. The van der Waals surface area contributed by atoms with Crippen LogP contribution in [-0.4, -0.2) is 42.0 Å². The van der Waals surface area contributed by atoms with E-state index < -0.39 is 16.1 Å². The fourth-order valence-electron chi connectivity index (χ4n) is 3.39. The first kappa shape index (κ1) is 19.3. The van der Waals surface area contributed by atoms with Crippen molar-refractivity contribution >= 4 is 37.5 Å². The SMILES string of the molecule is CCn1c(=NC(=O)C2CCCN2S(C)(=O)=O)sc2cc(C(C)C)ccc21. The molecule has 0 spiro atoms. The Morgan fingerprint density at radius 3 is 2.73 bits per heavy atom. The van der Waals surface area contributed by atoms with Crippen molar-refractivity contribution in [2.24, 2.45) is 4.99 Å². The molecular formula is C18H25N3O3S2. The van der Waals surface area contributed by atoms with Crippen LogP contribution in [0.15, 0.2) is 23.2 Å². The van der Waals surface area contributed by atoms with Gasteiger partial charge in [-0.2, -0.15) is 9.30 Å². The van der Waals surface area contributed by atoms with Crippen molar-refractivity contribution in [3.63, 3.8) is 0 Å². The summed E-state index contributed by atoms with van der Waals surface area (Å²) >= 11 is 1.48. The molecule has 1 aliphatic heterocycles. The highest BCUT2D eigenvalue weighted by atomic mass is 32.2. The minimum Gasteiger partial charge on any atom is -0.317 e. The molecule has 0 saturated carbocycles. The second kappa shape index (κ2) is 7.25. The van der Waals surface area contributed by atoms with Crippen LogP contribution in [0.4, 0.5) is 0 Å². The first-order valence-electron chi connectivity index (χ1n) is 8.91. The summed E-state index contributed by atoms with van der Waals surface area (Å²) in [6, 6.07) is 5.66. The number of hydrogen-bond acceptors (Lipinski definition) is 4. The highest BCUT2D eigenvalue weighted by Gasteiger charge is 2.36. The van der Waals surface area contributed by atoms with Gasteiger partial charge in [-0.15, -0.1) is 0 Å². The lowest BCUT2D eigenvalue weighted by atomic mass is 10.0. The van der Waals surface area contributed by atoms with Gasteiger partial charge in [0.1, 0.15) is 6.04 Å². The van der Waals surface area contributed by atoms with Gasteiger partial charge in [0.15, 0.2) is 4.80 Å². The maximum atomic E-state index is 12.7. The van der Waals surface area contributed by atoms with Gasteiger partial charge < -0.3 is 4.57 Å². The van der Waals surface area contributed by atoms with Crippen LogP contribution >= 0.6 is 11.3 Å². The van der Waals surface area contributed by atoms with E-state index in [1.807, 2.05) is 11.5 Å². The van der Waals surface area contributed by atoms with Crippen molar-refractivity contribution < 1.29 is 13.2 Å². The normalized spacial score (nSPS) is 19.7. The second-order valence-corrected chi connectivity index (χ2v) is 9.94. The Morgan fingerprint density at radius 1 is 1.38 bits per heavy atom. The molecule has 1 aliphatic rings. The van der Waals surface area contributed by atoms with Crippen molar-refractivity contribution in [3.05, 3.63) is 28.6 Å². The Labute approximate surface area is 158 Å². The summed E-state index contributed by atoms with van der Waals surface area (Å²) in [4.78, 5) is 17.7. The predicted molar refractivity (Wildman–Crippen MR) is 105 cm³/mol. The zero-order chi connectivity index (χ0) is 19.1. The Kier molecular flexibility index (Phi) is 5.37. The number of nitrogens with zero attached hydrogens (tertiary/aromatic N) is 3. The summed E-state index contributed by atoms with van der Waals surface area (Å²) in [5, 5.41) is 0. The lowest BCUT2D eigenvalue weighted by Gasteiger charge is -2.18. The molecule has 1 atom stereocenters. The number of amides is 1. The molecule has 6 nitrogen and oxygen atoms in total. The van der Waals surface area contributed by atoms with Crippen molar-refractivity contribution in [3.8, 4) is 0 Å². The molecule has 0 aliphatic carbocycles. The van der Waals surface area contributed by atoms with E-state index in [2.05, 4.69) is 37.0 Å². The Hall–Kier alpha value is -1.51. The molecular weight excluding hydrogens is 370 g/mol. The molecule has 1 fully saturated rings. The van der Waals surface area contributed by atoms with Crippen LogP contribution in [0.25, 0.3) is 10.2 Å². The number of hydrogen-bond donors (Lipinski definition) is 0. The quantitative estimate of drug-likeness (QED) is 0.799. The molecule has 1 amide bonds. The van der Waals surface area contributed by atoms with Crippen LogP contribution < -0.4 is 4.80 Å². The van der Waals surface area contributed by atoms with Crippen molar-refractivity contribution in [2.75, 3.05) is 12.8 Å². The summed E-state index contributed by atoms with van der Waals surface area (Å²) in [5.74, 6) is 0.0613. The summed E-state index contributed by atoms with van der Waals surface area (Å²) in [6.07, 6.45) is 2.37. The zero-order valence-electron chi connectivity index (χ0n) is 15.6. The van der Waals surface area contributed by atoms with Gasteiger partial charge in [0, 0.05) is 13.1 Å². The number of carbonyl (C=O) groups excluding carboxylic acids is 1. The van der Waals surface area contributed by atoms with Gasteiger partial charge >= 0.3 is 0 Å². The Morgan fingerprint density at radius 2 is 2.12 bits per heavy atom. The number of rotatable bonds is 4. The van der Waals surface area contributed by atoms with Gasteiger partial charge in [0.25, 0.3) is 5.91 Å². The fraction of sp³-hybridized carbons (Fsp3) is 0.556. The van der Waals surface area contributed by atoms with E-state index in [9.17, 15) is 13.2 Å². The summed E-state index contributed by atoms with van der Waals surface area (Å²) in [5.41, 5.74) is 2.30. The molecule has 1 aromatic carbocycles. The molecule has 0 radical (unpaired) electrons. The molecule has 1 aromatic heterocycles.